The highest BCUT2D eigenvalue weighted by molar-refractivity contribution is 5.28. The Morgan fingerprint density at radius 2 is 1.77 bits per heavy atom. The van der Waals surface area contributed by atoms with Gasteiger partial charge < -0.3 is 15.5 Å². The summed E-state index contributed by atoms with van der Waals surface area (Å²) in [6.07, 6.45) is 6.52. The first-order valence-corrected chi connectivity index (χ1v) is 8.86. The van der Waals surface area contributed by atoms with E-state index in [1.807, 2.05) is 12.1 Å². The van der Waals surface area contributed by atoms with Crippen LogP contribution in [0.1, 0.15) is 50.7 Å². The van der Waals surface area contributed by atoms with Gasteiger partial charge in [-0.05, 0) is 74.0 Å². The minimum atomic E-state index is -0.515. The minimum absolute atomic E-state index is 0.0498. The maximum absolute atomic E-state index is 10.6. The summed E-state index contributed by atoms with van der Waals surface area (Å²) >= 11 is 0. The molecule has 3 N–H and O–H groups in total. The molecule has 0 spiro atoms. The molecule has 3 nitrogen and oxygen atoms in total. The maximum atomic E-state index is 10.6. The fourth-order valence-electron chi connectivity index (χ4n) is 5.65. The second-order valence-electron chi connectivity index (χ2n) is 7.75. The van der Waals surface area contributed by atoms with Gasteiger partial charge in [-0.15, -0.1) is 0 Å². The van der Waals surface area contributed by atoms with Crippen LogP contribution >= 0.6 is 0 Å². The van der Waals surface area contributed by atoms with Crippen LogP contribution in [0.15, 0.2) is 24.3 Å². The summed E-state index contributed by atoms with van der Waals surface area (Å²) in [4.78, 5) is 0. The van der Waals surface area contributed by atoms with E-state index in [2.05, 4.69) is 12.2 Å². The van der Waals surface area contributed by atoms with Gasteiger partial charge in [0.15, 0.2) is 0 Å². The largest absolute Gasteiger partial charge is 0.508 e. The van der Waals surface area contributed by atoms with Crippen molar-refractivity contribution in [3.05, 3.63) is 29.8 Å². The standard InChI is InChI=1S/C19H27NO2/c1-11(19(22)12-5-7-14(21)8-6-12)20-18-10-13-9-17(18)16-4-2-3-15(13)16/h5-8,11,13,15-22H,2-4,9-10H2,1H3. The molecule has 0 amide bonds. The Labute approximate surface area is 132 Å². The summed E-state index contributed by atoms with van der Waals surface area (Å²) < 4.78 is 0. The lowest BCUT2D eigenvalue weighted by Gasteiger charge is -2.35. The van der Waals surface area contributed by atoms with Crippen molar-refractivity contribution in [3.63, 3.8) is 0 Å². The predicted octanol–water partition coefficient (Wildman–Crippen LogP) is 3.23. The van der Waals surface area contributed by atoms with E-state index in [1.165, 1.54) is 32.1 Å². The molecule has 120 valence electrons. The third-order valence-corrected chi connectivity index (χ3v) is 6.61. The Bertz CT molecular complexity index is 529. The van der Waals surface area contributed by atoms with E-state index in [0.717, 1.165) is 29.2 Å². The highest BCUT2D eigenvalue weighted by Crippen LogP contribution is 2.58. The Hall–Kier alpha value is -1.06. The van der Waals surface area contributed by atoms with Crippen molar-refractivity contribution < 1.29 is 10.2 Å². The molecule has 1 aromatic carbocycles. The molecular formula is C19H27NO2. The molecule has 0 radical (unpaired) electrons. The number of aromatic hydroxyl groups is 1. The average Bonchev–Trinajstić information content (AvgIpc) is 3.19. The van der Waals surface area contributed by atoms with Crippen LogP contribution in [0.2, 0.25) is 0 Å². The van der Waals surface area contributed by atoms with Crippen LogP contribution in [0.4, 0.5) is 0 Å². The van der Waals surface area contributed by atoms with Crippen LogP contribution < -0.4 is 5.32 Å². The lowest BCUT2D eigenvalue weighted by Crippen LogP contribution is -2.45. The summed E-state index contributed by atoms with van der Waals surface area (Å²) in [7, 11) is 0. The summed E-state index contributed by atoms with van der Waals surface area (Å²) in [5.41, 5.74) is 0.875. The molecule has 7 unspecified atom stereocenters. The SMILES string of the molecule is CC(NC1CC2CC1C1CCCC21)C(O)c1ccc(O)cc1. The molecule has 3 heteroatoms. The van der Waals surface area contributed by atoms with Gasteiger partial charge in [0, 0.05) is 12.1 Å². The van der Waals surface area contributed by atoms with Crippen molar-refractivity contribution in [1.29, 1.82) is 0 Å². The van der Waals surface area contributed by atoms with Crippen LogP contribution in [-0.4, -0.2) is 22.3 Å². The number of hydrogen-bond acceptors (Lipinski definition) is 3. The van der Waals surface area contributed by atoms with Crippen molar-refractivity contribution in [2.24, 2.45) is 23.7 Å². The van der Waals surface area contributed by atoms with Crippen LogP contribution in [0.25, 0.3) is 0 Å². The average molecular weight is 301 g/mol. The monoisotopic (exact) mass is 301 g/mol. The molecule has 3 fully saturated rings. The van der Waals surface area contributed by atoms with E-state index < -0.39 is 6.10 Å². The van der Waals surface area contributed by atoms with E-state index in [-0.39, 0.29) is 11.8 Å². The normalized spacial score (nSPS) is 38.9. The van der Waals surface area contributed by atoms with Crippen LogP contribution in [0.5, 0.6) is 5.75 Å². The van der Waals surface area contributed by atoms with Gasteiger partial charge in [0.1, 0.15) is 5.75 Å². The first kappa shape index (κ1) is 14.5. The van der Waals surface area contributed by atoms with Gasteiger partial charge in [-0.2, -0.15) is 0 Å². The number of benzene rings is 1. The number of fused-ring (bicyclic) bond motifs is 5. The zero-order valence-corrected chi connectivity index (χ0v) is 13.3. The minimum Gasteiger partial charge on any atom is -0.508 e. The quantitative estimate of drug-likeness (QED) is 0.800. The molecule has 2 bridgehead atoms. The molecule has 0 aromatic heterocycles. The number of aliphatic hydroxyl groups is 1. The summed E-state index contributed by atoms with van der Waals surface area (Å²) in [6.45, 7) is 2.08. The second-order valence-corrected chi connectivity index (χ2v) is 7.75. The molecule has 0 aliphatic heterocycles. The maximum Gasteiger partial charge on any atom is 0.115 e. The van der Waals surface area contributed by atoms with Gasteiger partial charge in [-0.25, -0.2) is 0 Å². The summed E-state index contributed by atoms with van der Waals surface area (Å²) in [5.74, 6) is 3.99. The first-order valence-electron chi connectivity index (χ1n) is 8.86. The lowest BCUT2D eigenvalue weighted by molar-refractivity contribution is 0.111. The number of nitrogens with one attached hydrogen (secondary N) is 1. The van der Waals surface area contributed by atoms with E-state index in [9.17, 15) is 10.2 Å². The number of phenols is 1. The van der Waals surface area contributed by atoms with Gasteiger partial charge in [-0.3, -0.25) is 0 Å². The fraction of sp³-hybridized carbons (Fsp3) is 0.684. The Morgan fingerprint density at radius 3 is 2.55 bits per heavy atom. The van der Waals surface area contributed by atoms with Gasteiger partial charge in [0.05, 0.1) is 6.10 Å². The number of phenolic OH excluding ortho intramolecular Hbond substituents is 1. The molecule has 3 aliphatic rings. The molecule has 22 heavy (non-hydrogen) atoms. The number of rotatable bonds is 4. The summed E-state index contributed by atoms with van der Waals surface area (Å²) in [6, 6.07) is 7.55. The number of aliphatic hydroxyl groups excluding tert-OH is 1. The smallest absolute Gasteiger partial charge is 0.115 e. The topological polar surface area (TPSA) is 52.5 Å². The molecule has 7 atom stereocenters. The Balaban J connectivity index is 1.40. The van der Waals surface area contributed by atoms with Crippen molar-refractivity contribution in [3.8, 4) is 5.75 Å². The molecular weight excluding hydrogens is 274 g/mol. The van der Waals surface area contributed by atoms with Gasteiger partial charge in [-0.1, -0.05) is 18.6 Å². The Morgan fingerprint density at radius 1 is 1.05 bits per heavy atom. The summed E-state index contributed by atoms with van der Waals surface area (Å²) in [5, 5.41) is 23.6. The van der Waals surface area contributed by atoms with Crippen LogP contribution in [0.3, 0.4) is 0 Å². The highest BCUT2D eigenvalue weighted by atomic mass is 16.3. The van der Waals surface area contributed by atoms with E-state index in [1.54, 1.807) is 12.1 Å². The lowest BCUT2D eigenvalue weighted by atomic mass is 9.79. The van der Waals surface area contributed by atoms with E-state index in [0.29, 0.717) is 6.04 Å². The van der Waals surface area contributed by atoms with Gasteiger partial charge in [0.2, 0.25) is 0 Å². The third-order valence-electron chi connectivity index (χ3n) is 6.61. The zero-order chi connectivity index (χ0) is 15.3. The van der Waals surface area contributed by atoms with Crippen LogP contribution in [0, 0.1) is 23.7 Å². The van der Waals surface area contributed by atoms with Gasteiger partial charge >= 0.3 is 0 Å². The fourth-order valence-corrected chi connectivity index (χ4v) is 5.65. The molecule has 3 saturated carbocycles. The van der Waals surface area contributed by atoms with E-state index in [4.69, 9.17) is 0 Å². The number of hydrogen-bond donors (Lipinski definition) is 3. The molecule has 3 aliphatic carbocycles. The van der Waals surface area contributed by atoms with Crippen molar-refractivity contribution in [2.75, 3.05) is 0 Å². The van der Waals surface area contributed by atoms with Crippen molar-refractivity contribution in [2.45, 2.75) is 57.2 Å². The molecule has 0 saturated heterocycles. The Kier molecular flexibility index (Phi) is 3.66. The first-order chi connectivity index (χ1) is 10.6. The van der Waals surface area contributed by atoms with Crippen molar-refractivity contribution >= 4 is 0 Å². The van der Waals surface area contributed by atoms with Crippen LogP contribution in [-0.2, 0) is 0 Å². The van der Waals surface area contributed by atoms with Crippen molar-refractivity contribution in [1.82, 2.24) is 5.32 Å². The van der Waals surface area contributed by atoms with Gasteiger partial charge in [0.25, 0.3) is 0 Å². The highest BCUT2D eigenvalue weighted by Gasteiger charge is 2.53. The third kappa shape index (κ3) is 2.35. The zero-order valence-electron chi connectivity index (χ0n) is 13.3. The molecule has 1 aromatic rings. The molecule has 4 rings (SSSR count). The van der Waals surface area contributed by atoms with E-state index >= 15 is 0 Å². The molecule has 0 heterocycles. The predicted molar refractivity (Wildman–Crippen MR) is 86.5 cm³/mol. The second kappa shape index (κ2) is 5.54.